The van der Waals surface area contributed by atoms with Crippen LogP contribution in [0.25, 0.3) is 10.2 Å². The van der Waals surface area contributed by atoms with E-state index >= 15 is 0 Å². The van der Waals surface area contributed by atoms with Crippen LogP contribution in [0.3, 0.4) is 0 Å². The third-order valence-corrected chi connectivity index (χ3v) is 5.15. The van der Waals surface area contributed by atoms with Crippen molar-refractivity contribution in [3.63, 3.8) is 0 Å². The Morgan fingerprint density at radius 1 is 1.23 bits per heavy atom. The maximum absolute atomic E-state index is 5.94. The molecule has 0 saturated carbocycles. The molecule has 3 aromatic heterocycles. The maximum atomic E-state index is 5.94. The standard InChI is InChI=1S/C14H17N7S/c1-9-18-19-14(15)21(9)10-2-5-20(6-3-10)13-12-11(4-7-22-12)16-8-17-13/h4,7-8,10H,2-3,5-6H2,1H3,(H2,15,19). The monoisotopic (exact) mass is 315 g/mol. The lowest BCUT2D eigenvalue weighted by Gasteiger charge is -2.33. The van der Waals surface area contributed by atoms with E-state index in [1.54, 1.807) is 17.7 Å². The van der Waals surface area contributed by atoms with Crippen LogP contribution in [0.2, 0.25) is 0 Å². The highest BCUT2D eigenvalue weighted by molar-refractivity contribution is 7.17. The quantitative estimate of drug-likeness (QED) is 0.778. The fourth-order valence-electron chi connectivity index (χ4n) is 3.17. The third kappa shape index (κ3) is 2.10. The Labute approximate surface area is 131 Å². The zero-order chi connectivity index (χ0) is 15.1. The summed E-state index contributed by atoms with van der Waals surface area (Å²) < 4.78 is 3.22. The Balaban J connectivity index is 1.56. The second kappa shape index (κ2) is 5.20. The Morgan fingerprint density at radius 3 is 2.77 bits per heavy atom. The molecule has 2 N–H and O–H groups in total. The molecule has 3 aromatic rings. The summed E-state index contributed by atoms with van der Waals surface area (Å²) in [6, 6.07) is 2.41. The van der Waals surface area contributed by atoms with Crippen molar-refractivity contribution < 1.29 is 0 Å². The zero-order valence-electron chi connectivity index (χ0n) is 12.3. The van der Waals surface area contributed by atoms with Gasteiger partial charge >= 0.3 is 0 Å². The van der Waals surface area contributed by atoms with Crippen LogP contribution in [0, 0.1) is 6.92 Å². The number of nitrogens with two attached hydrogens (primary N) is 1. The van der Waals surface area contributed by atoms with Gasteiger partial charge in [0.1, 0.15) is 18.0 Å². The Morgan fingerprint density at radius 2 is 2.05 bits per heavy atom. The molecule has 0 unspecified atom stereocenters. The topological polar surface area (TPSA) is 85.8 Å². The predicted molar refractivity (Wildman–Crippen MR) is 87.1 cm³/mol. The molecule has 0 amide bonds. The maximum Gasteiger partial charge on any atom is 0.222 e. The van der Waals surface area contributed by atoms with Crippen molar-refractivity contribution >= 4 is 33.3 Å². The van der Waals surface area contributed by atoms with Gasteiger partial charge in [-0.15, -0.1) is 21.5 Å². The average Bonchev–Trinajstić information content (AvgIpc) is 3.14. The molecule has 22 heavy (non-hydrogen) atoms. The molecule has 7 nitrogen and oxygen atoms in total. The van der Waals surface area contributed by atoms with Crippen LogP contribution in [-0.2, 0) is 0 Å². The number of fused-ring (bicyclic) bond motifs is 1. The molecular formula is C14H17N7S. The first kappa shape index (κ1) is 13.4. The molecule has 0 radical (unpaired) electrons. The summed E-state index contributed by atoms with van der Waals surface area (Å²) in [4.78, 5) is 11.1. The summed E-state index contributed by atoms with van der Waals surface area (Å²) in [5, 5.41) is 10.1. The molecule has 4 rings (SSSR count). The number of hydrogen-bond donors (Lipinski definition) is 1. The first-order chi connectivity index (χ1) is 10.7. The van der Waals surface area contributed by atoms with E-state index in [1.807, 2.05) is 13.0 Å². The first-order valence-corrected chi connectivity index (χ1v) is 8.22. The van der Waals surface area contributed by atoms with Gasteiger partial charge in [-0.05, 0) is 31.2 Å². The van der Waals surface area contributed by atoms with Crippen LogP contribution in [0.1, 0.15) is 24.7 Å². The molecule has 0 aliphatic carbocycles. The van der Waals surface area contributed by atoms with Crippen LogP contribution in [0.5, 0.6) is 0 Å². The van der Waals surface area contributed by atoms with Gasteiger partial charge in [-0.1, -0.05) is 0 Å². The number of nitrogens with zero attached hydrogens (tertiary/aromatic N) is 6. The average molecular weight is 315 g/mol. The van der Waals surface area contributed by atoms with Crippen molar-refractivity contribution in [2.24, 2.45) is 0 Å². The van der Waals surface area contributed by atoms with Crippen molar-refractivity contribution in [2.45, 2.75) is 25.8 Å². The number of piperidine rings is 1. The van der Waals surface area contributed by atoms with Gasteiger partial charge in [-0.3, -0.25) is 4.57 Å². The van der Waals surface area contributed by atoms with Gasteiger partial charge in [0.05, 0.1) is 10.2 Å². The van der Waals surface area contributed by atoms with Crippen LogP contribution in [-0.4, -0.2) is 37.8 Å². The van der Waals surface area contributed by atoms with E-state index in [0.29, 0.717) is 12.0 Å². The molecule has 0 aromatic carbocycles. The van der Waals surface area contributed by atoms with Gasteiger partial charge in [-0.25, -0.2) is 9.97 Å². The molecule has 1 fully saturated rings. The molecular weight excluding hydrogens is 298 g/mol. The SMILES string of the molecule is Cc1nnc(N)n1C1CCN(c2ncnc3ccsc23)CC1. The minimum atomic E-state index is 0.368. The minimum Gasteiger partial charge on any atom is -0.368 e. The van der Waals surface area contributed by atoms with Gasteiger partial charge < -0.3 is 10.6 Å². The second-order valence-corrected chi connectivity index (χ2v) is 6.44. The van der Waals surface area contributed by atoms with Gasteiger partial charge in [0.2, 0.25) is 5.95 Å². The summed E-state index contributed by atoms with van der Waals surface area (Å²) in [5.74, 6) is 2.45. The molecule has 4 heterocycles. The molecule has 114 valence electrons. The van der Waals surface area contributed by atoms with Crippen molar-refractivity contribution in [2.75, 3.05) is 23.7 Å². The second-order valence-electron chi connectivity index (χ2n) is 5.53. The van der Waals surface area contributed by atoms with Gasteiger partial charge in [0.15, 0.2) is 0 Å². The summed E-state index contributed by atoms with van der Waals surface area (Å²) in [5.41, 5.74) is 6.96. The zero-order valence-corrected chi connectivity index (χ0v) is 13.1. The molecule has 0 bridgehead atoms. The molecule has 0 atom stereocenters. The van der Waals surface area contributed by atoms with Crippen molar-refractivity contribution in [3.8, 4) is 0 Å². The van der Waals surface area contributed by atoms with Gasteiger partial charge in [0, 0.05) is 19.1 Å². The third-order valence-electron chi connectivity index (χ3n) is 4.25. The lowest BCUT2D eigenvalue weighted by Crippen LogP contribution is -2.35. The molecule has 1 saturated heterocycles. The van der Waals surface area contributed by atoms with Crippen molar-refractivity contribution in [1.82, 2.24) is 24.7 Å². The Hall–Kier alpha value is -2.22. The Kier molecular flexibility index (Phi) is 3.18. The van der Waals surface area contributed by atoms with E-state index in [2.05, 4.69) is 35.0 Å². The fourth-order valence-corrected chi connectivity index (χ4v) is 4.04. The largest absolute Gasteiger partial charge is 0.368 e. The number of aromatic nitrogens is 5. The highest BCUT2D eigenvalue weighted by Gasteiger charge is 2.25. The summed E-state index contributed by atoms with van der Waals surface area (Å²) in [6.07, 6.45) is 3.68. The highest BCUT2D eigenvalue weighted by atomic mass is 32.1. The summed E-state index contributed by atoms with van der Waals surface area (Å²) in [7, 11) is 0. The van der Waals surface area contributed by atoms with Crippen LogP contribution < -0.4 is 10.6 Å². The number of rotatable bonds is 2. The van der Waals surface area contributed by atoms with Crippen LogP contribution in [0.15, 0.2) is 17.8 Å². The number of thiophene rings is 1. The summed E-state index contributed by atoms with van der Waals surface area (Å²) in [6.45, 7) is 3.85. The molecule has 1 aliphatic heterocycles. The van der Waals surface area contributed by atoms with Crippen LogP contribution >= 0.6 is 11.3 Å². The number of anilines is 2. The smallest absolute Gasteiger partial charge is 0.222 e. The van der Waals surface area contributed by atoms with E-state index in [0.717, 1.165) is 43.1 Å². The predicted octanol–water partition coefficient (Wildman–Crippen LogP) is 2.01. The van der Waals surface area contributed by atoms with Crippen molar-refractivity contribution in [1.29, 1.82) is 0 Å². The number of aryl methyl sites for hydroxylation is 1. The van der Waals surface area contributed by atoms with E-state index in [-0.39, 0.29) is 0 Å². The van der Waals surface area contributed by atoms with E-state index in [1.165, 1.54) is 4.70 Å². The highest BCUT2D eigenvalue weighted by Crippen LogP contribution is 2.32. The first-order valence-electron chi connectivity index (χ1n) is 7.34. The fraction of sp³-hybridized carbons (Fsp3) is 0.429. The molecule has 8 heteroatoms. The normalized spacial score (nSPS) is 16.5. The lowest BCUT2D eigenvalue weighted by molar-refractivity contribution is 0.393. The minimum absolute atomic E-state index is 0.368. The van der Waals surface area contributed by atoms with E-state index in [4.69, 9.17) is 5.73 Å². The van der Waals surface area contributed by atoms with Gasteiger partial charge in [-0.2, -0.15) is 0 Å². The van der Waals surface area contributed by atoms with Crippen LogP contribution in [0.4, 0.5) is 11.8 Å². The van der Waals surface area contributed by atoms with E-state index < -0.39 is 0 Å². The van der Waals surface area contributed by atoms with Gasteiger partial charge in [0.25, 0.3) is 0 Å². The summed E-state index contributed by atoms with van der Waals surface area (Å²) >= 11 is 1.70. The number of nitrogen functional groups attached to an aromatic ring is 1. The molecule has 0 spiro atoms. The lowest BCUT2D eigenvalue weighted by atomic mass is 10.0. The molecule has 1 aliphatic rings. The van der Waals surface area contributed by atoms with Crippen molar-refractivity contribution in [3.05, 3.63) is 23.6 Å². The van der Waals surface area contributed by atoms with E-state index in [9.17, 15) is 0 Å². The number of hydrogen-bond acceptors (Lipinski definition) is 7. The Bertz CT molecular complexity index is 781.